The average Bonchev–Trinajstić information content (AvgIpc) is 3.17. The number of halogens is 3. The minimum Gasteiger partial charge on any atom is -0.404 e. The molecule has 8 nitrogen and oxygen atoms in total. The van der Waals surface area contributed by atoms with Crippen molar-refractivity contribution in [1.29, 1.82) is 0 Å². The van der Waals surface area contributed by atoms with Gasteiger partial charge in [-0.2, -0.15) is 13.2 Å². The summed E-state index contributed by atoms with van der Waals surface area (Å²) < 4.78 is 38.8. The van der Waals surface area contributed by atoms with Gasteiger partial charge in [0.2, 0.25) is 0 Å². The lowest BCUT2D eigenvalue weighted by atomic mass is 9.95. The van der Waals surface area contributed by atoms with Crippen molar-refractivity contribution in [2.45, 2.75) is 24.6 Å². The Morgan fingerprint density at radius 2 is 2.21 bits per heavy atom. The Hall–Kier alpha value is -3.60. The maximum atomic E-state index is 12.3. The number of urea groups is 1. The van der Waals surface area contributed by atoms with E-state index in [1.807, 2.05) is 34.1 Å². The number of nitrogens with zero attached hydrogens (tertiary/aromatic N) is 3. The zero-order chi connectivity index (χ0) is 23.4. The average molecular weight is 459 g/mol. The molecule has 174 valence electrons. The van der Waals surface area contributed by atoms with Crippen LogP contribution in [-0.2, 0) is 0 Å². The first kappa shape index (κ1) is 22.6. The van der Waals surface area contributed by atoms with Crippen LogP contribution in [0.5, 0.6) is 0 Å². The summed E-state index contributed by atoms with van der Waals surface area (Å²) >= 11 is 0. The molecule has 1 fully saturated rings. The summed E-state index contributed by atoms with van der Waals surface area (Å²) in [5.74, 6) is -0.106. The van der Waals surface area contributed by atoms with E-state index >= 15 is 0 Å². The van der Waals surface area contributed by atoms with Crippen molar-refractivity contribution in [2.24, 2.45) is 10.7 Å². The molecule has 1 atom stereocenters. The highest BCUT2D eigenvalue weighted by molar-refractivity contribution is 6.09. The Morgan fingerprint density at radius 3 is 2.91 bits per heavy atom. The molecule has 0 spiro atoms. The third-order valence-electron chi connectivity index (χ3n) is 5.42. The quantitative estimate of drug-likeness (QED) is 0.498. The Labute approximate surface area is 188 Å². The first-order valence-electron chi connectivity index (χ1n) is 10.4. The number of allylic oxidation sites excluding steroid dienone is 5. The van der Waals surface area contributed by atoms with Gasteiger partial charge < -0.3 is 26.1 Å². The van der Waals surface area contributed by atoms with E-state index in [0.29, 0.717) is 12.1 Å². The van der Waals surface area contributed by atoms with Crippen LogP contribution in [0.1, 0.15) is 23.6 Å². The van der Waals surface area contributed by atoms with E-state index in [1.54, 1.807) is 24.6 Å². The van der Waals surface area contributed by atoms with Gasteiger partial charge >= 0.3 is 12.2 Å². The number of amides is 2. The number of pyridine rings is 1. The number of carbonyl (C=O) groups excluding carboxylic acids is 1. The number of fused-ring (bicyclic) bond motifs is 1. The maximum absolute atomic E-state index is 12.3. The zero-order valence-corrected chi connectivity index (χ0v) is 17.6. The van der Waals surface area contributed by atoms with Gasteiger partial charge in [-0.25, -0.2) is 9.78 Å². The number of hydrogen-bond donors (Lipinski definition) is 4. The van der Waals surface area contributed by atoms with Gasteiger partial charge in [-0.05, 0) is 30.2 Å². The summed E-state index contributed by atoms with van der Waals surface area (Å²) in [4.78, 5) is 20.8. The van der Waals surface area contributed by atoms with Crippen molar-refractivity contribution in [3.63, 3.8) is 0 Å². The minimum absolute atomic E-state index is 0.106. The molecule has 0 bridgehead atoms. The van der Waals surface area contributed by atoms with Crippen LogP contribution in [0, 0.1) is 0 Å². The molecule has 1 aliphatic heterocycles. The lowest BCUT2D eigenvalue weighted by Crippen LogP contribution is -2.45. The van der Waals surface area contributed by atoms with Gasteiger partial charge in [0, 0.05) is 60.8 Å². The summed E-state index contributed by atoms with van der Waals surface area (Å²) in [6.07, 6.45) is 8.28. The number of nitrogens with one attached hydrogen (secondary N) is 3. The summed E-state index contributed by atoms with van der Waals surface area (Å²) in [6.45, 7) is 0.338. The van der Waals surface area contributed by atoms with Crippen molar-refractivity contribution in [3.8, 4) is 0 Å². The summed E-state index contributed by atoms with van der Waals surface area (Å²) in [7, 11) is 0. The van der Waals surface area contributed by atoms with Crippen molar-refractivity contribution < 1.29 is 18.0 Å². The second kappa shape index (κ2) is 9.49. The van der Waals surface area contributed by atoms with Crippen LogP contribution in [0.2, 0.25) is 0 Å². The van der Waals surface area contributed by atoms with E-state index in [4.69, 9.17) is 5.73 Å². The smallest absolute Gasteiger partial charge is 0.404 e. The van der Waals surface area contributed by atoms with Crippen LogP contribution >= 0.6 is 0 Å². The number of hydrogen-bond acceptors (Lipinski definition) is 5. The lowest BCUT2D eigenvalue weighted by Gasteiger charge is -2.22. The van der Waals surface area contributed by atoms with Crippen molar-refractivity contribution in [3.05, 3.63) is 65.9 Å². The van der Waals surface area contributed by atoms with E-state index in [2.05, 4.69) is 20.6 Å². The first-order valence-corrected chi connectivity index (χ1v) is 10.4. The molecule has 1 unspecified atom stereocenters. The van der Waals surface area contributed by atoms with Gasteiger partial charge in [-0.1, -0.05) is 12.2 Å². The van der Waals surface area contributed by atoms with Gasteiger partial charge in [0.15, 0.2) is 0 Å². The number of nitrogens with two attached hydrogens (primary N) is 1. The molecule has 1 aliphatic carbocycles. The van der Waals surface area contributed by atoms with Crippen LogP contribution in [0.25, 0.3) is 11.2 Å². The Kier molecular flexibility index (Phi) is 6.50. The summed E-state index contributed by atoms with van der Waals surface area (Å²) in [5.41, 5.74) is 9.62. The molecule has 3 heterocycles. The van der Waals surface area contributed by atoms with Gasteiger partial charge in [0.1, 0.15) is 12.2 Å². The summed E-state index contributed by atoms with van der Waals surface area (Å²) in [5, 5.41) is 7.46. The highest BCUT2D eigenvalue weighted by Crippen LogP contribution is 2.29. The van der Waals surface area contributed by atoms with Crippen LogP contribution in [0.15, 0.2) is 59.6 Å². The Bertz CT molecular complexity index is 1140. The number of aromatic nitrogens is 2. The third-order valence-corrected chi connectivity index (χ3v) is 5.42. The maximum Gasteiger partial charge on any atom is 0.405 e. The lowest BCUT2D eigenvalue weighted by molar-refractivity contribution is -0.122. The topological polar surface area (TPSA) is 109 Å². The van der Waals surface area contributed by atoms with Gasteiger partial charge in [0.05, 0.1) is 6.04 Å². The Balaban J connectivity index is 1.44. The van der Waals surface area contributed by atoms with E-state index in [1.165, 1.54) is 6.20 Å². The molecule has 1 saturated heterocycles. The van der Waals surface area contributed by atoms with Gasteiger partial charge in [-0.15, -0.1) is 0 Å². The molecule has 5 N–H and O–H groups in total. The molecule has 2 aliphatic rings. The molecule has 33 heavy (non-hydrogen) atoms. The fourth-order valence-corrected chi connectivity index (χ4v) is 3.58. The van der Waals surface area contributed by atoms with Crippen LogP contribution < -0.4 is 21.7 Å². The van der Waals surface area contributed by atoms with E-state index in [0.717, 1.165) is 35.6 Å². The second-order valence-corrected chi connectivity index (χ2v) is 7.85. The number of alkyl halides is 3. The van der Waals surface area contributed by atoms with Gasteiger partial charge in [-0.3, -0.25) is 4.99 Å². The number of rotatable bonds is 6. The van der Waals surface area contributed by atoms with Crippen molar-refractivity contribution in [2.75, 3.05) is 19.6 Å². The first-order chi connectivity index (χ1) is 15.8. The minimum atomic E-state index is -4.46. The number of carbonyl (C=O) groups is 1. The van der Waals surface area contributed by atoms with E-state index < -0.39 is 18.8 Å². The van der Waals surface area contributed by atoms with Crippen LogP contribution in [-0.4, -0.2) is 53.5 Å². The van der Waals surface area contributed by atoms with E-state index in [9.17, 15) is 18.0 Å². The molecular formula is C22H24F3N7O. The molecule has 0 radical (unpaired) electrons. The summed E-state index contributed by atoms with van der Waals surface area (Å²) in [6, 6.07) is 3.22. The zero-order valence-electron chi connectivity index (χ0n) is 17.6. The van der Waals surface area contributed by atoms with E-state index in [-0.39, 0.29) is 12.0 Å². The molecule has 4 rings (SSSR count). The molecule has 2 aromatic heterocycles. The van der Waals surface area contributed by atoms with Crippen molar-refractivity contribution in [1.82, 2.24) is 25.3 Å². The van der Waals surface area contributed by atoms with Crippen LogP contribution in [0.4, 0.5) is 18.0 Å². The van der Waals surface area contributed by atoms with Gasteiger partial charge in [0.25, 0.3) is 0 Å². The standard InChI is InChI=1S/C22H24F3N7O/c23-22(24,25)13-30-21(33)31-17-3-1-2-15(6-17)19-12-29-20-7-14(4-5-32(19)20)16(8-26)9-28-18-10-27-11-18/h1-5,7-9,12,15,18,27H,6,10-11,13,26H2,(H2,30,31,33). The molecule has 0 aromatic carbocycles. The molecule has 2 aromatic rings. The SMILES string of the molecule is NC=C(C=NC1CNC1)c1ccn2c(C3C=CC=C(NC(=O)NCC(F)(F)F)C3)cnc2c1. The fourth-order valence-electron chi connectivity index (χ4n) is 3.58. The molecular weight excluding hydrogens is 435 g/mol. The third kappa shape index (κ3) is 5.61. The fraction of sp³-hybridized carbons (Fsp3) is 0.318. The number of imidazole rings is 1. The van der Waals surface area contributed by atoms with Crippen LogP contribution in [0.3, 0.4) is 0 Å². The van der Waals surface area contributed by atoms with Crippen molar-refractivity contribution >= 4 is 23.5 Å². The molecule has 2 amide bonds. The highest BCUT2D eigenvalue weighted by Gasteiger charge is 2.28. The molecule has 11 heteroatoms. The largest absolute Gasteiger partial charge is 0.405 e. The Morgan fingerprint density at radius 1 is 1.39 bits per heavy atom. The highest BCUT2D eigenvalue weighted by atomic mass is 19.4. The normalized spacial score (nSPS) is 19.5. The predicted molar refractivity (Wildman–Crippen MR) is 120 cm³/mol. The monoisotopic (exact) mass is 459 g/mol. The molecule has 0 saturated carbocycles. The number of aliphatic imine (C=N–C) groups is 1. The predicted octanol–water partition coefficient (Wildman–Crippen LogP) is 2.47. The second-order valence-electron chi connectivity index (χ2n) is 7.85.